The van der Waals surface area contributed by atoms with E-state index in [-0.39, 0.29) is 6.03 Å². The number of hydrogen-bond donors (Lipinski definition) is 2. The molecule has 4 heteroatoms. The standard InChI is InChI=1S/C16H23N3O/c1-3-5-7-13(4-2)12-18-16(20)19-15-9-6-8-14(10-15)11-17/h6,8-10,13H,3-5,7,12H2,1-2H3,(H2,18,19,20). The monoisotopic (exact) mass is 273 g/mol. The van der Waals surface area contributed by atoms with E-state index in [4.69, 9.17) is 5.26 Å². The number of amides is 2. The Bertz CT molecular complexity index is 465. The minimum atomic E-state index is -0.213. The number of carbonyl (C=O) groups is 1. The van der Waals surface area contributed by atoms with Gasteiger partial charge in [-0.1, -0.05) is 39.2 Å². The molecule has 20 heavy (non-hydrogen) atoms. The predicted molar refractivity (Wildman–Crippen MR) is 81.5 cm³/mol. The molecule has 0 aliphatic heterocycles. The van der Waals surface area contributed by atoms with Crippen LogP contribution in [0.3, 0.4) is 0 Å². The average Bonchev–Trinajstić information content (AvgIpc) is 2.47. The van der Waals surface area contributed by atoms with Crippen molar-refractivity contribution in [3.05, 3.63) is 29.8 Å². The van der Waals surface area contributed by atoms with Gasteiger partial charge in [0.25, 0.3) is 0 Å². The van der Waals surface area contributed by atoms with Crippen LogP contribution in [0.2, 0.25) is 0 Å². The van der Waals surface area contributed by atoms with Gasteiger partial charge in [0.15, 0.2) is 0 Å². The first-order valence-electron chi connectivity index (χ1n) is 7.24. The van der Waals surface area contributed by atoms with Crippen LogP contribution >= 0.6 is 0 Å². The normalized spacial score (nSPS) is 11.4. The molecule has 0 aromatic heterocycles. The topological polar surface area (TPSA) is 64.9 Å². The second kappa shape index (κ2) is 8.98. The van der Waals surface area contributed by atoms with Gasteiger partial charge in [-0.3, -0.25) is 0 Å². The maximum Gasteiger partial charge on any atom is 0.319 e. The first-order chi connectivity index (χ1) is 9.69. The van der Waals surface area contributed by atoms with E-state index in [9.17, 15) is 4.79 Å². The molecular formula is C16H23N3O. The number of unbranched alkanes of at least 4 members (excludes halogenated alkanes) is 1. The van der Waals surface area contributed by atoms with E-state index in [1.54, 1.807) is 24.3 Å². The number of nitrogens with zero attached hydrogens (tertiary/aromatic N) is 1. The van der Waals surface area contributed by atoms with Crippen LogP contribution in [0.25, 0.3) is 0 Å². The fourth-order valence-corrected chi connectivity index (χ4v) is 2.02. The molecule has 0 saturated heterocycles. The Balaban J connectivity index is 2.41. The lowest BCUT2D eigenvalue weighted by molar-refractivity contribution is 0.249. The summed E-state index contributed by atoms with van der Waals surface area (Å²) in [6.07, 6.45) is 4.61. The fraction of sp³-hybridized carbons (Fsp3) is 0.500. The fourth-order valence-electron chi connectivity index (χ4n) is 2.02. The van der Waals surface area contributed by atoms with E-state index in [1.165, 1.54) is 12.8 Å². The van der Waals surface area contributed by atoms with Crippen LogP contribution in [0.5, 0.6) is 0 Å². The van der Waals surface area contributed by atoms with Crippen LogP contribution < -0.4 is 10.6 Å². The van der Waals surface area contributed by atoms with Crippen LogP contribution in [-0.2, 0) is 0 Å². The largest absolute Gasteiger partial charge is 0.338 e. The summed E-state index contributed by atoms with van der Waals surface area (Å²) in [6, 6.07) is 8.74. The molecule has 0 spiro atoms. The number of nitrogens with one attached hydrogen (secondary N) is 2. The third kappa shape index (κ3) is 5.75. The number of nitriles is 1. The molecule has 1 unspecified atom stereocenters. The Kier molecular flexibility index (Phi) is 7.20. The highest BCUT2D eigenvalue weighted by Gasteiger charge is 2.08. The molecule has 1 aromatic rings. The van der Waals surface area contributed by atoms with Gasteiger partial charge < -0.3 is 10.6 Å². The van der Waals surface area contributed by atoms with Gasteiger partial charge >= 0.3 is 6.03 Å². The Morgan fingerprint density at radius 3 is 2.85 bits per heavy atom. The van der Waals surface area contributed by atoms with Crippen LogP contribution in [0.1, 0.15) is 45.1 Å². The van der Waals surface area contributed by atoms with Gasteiger partial charge in [0.05, 0.1) is 11.6 Å². The molecule has 0 aliphatic carbocycles. The maximum atomic E-state index is 11.8. The SMILES string of the molecule is CCCCC(CC)CNC(=O)Nc1cccc(C#N)c1. The maximum absolute atomic E-state index is 11.8. The van der Waals surface area contributed by atoms with Gasteiger partial charge in [0, 0.05) is 12.2 Å². The van der Waals surface area contributed by atoms with E-state index in [2.05, 4.69) is 30.6 Å². The van der Waals surface area contributed by atoms with E-state index in [1.807, 2.05) is 0 Å². The first-order valence-corrected chi connectivity index (χ1v) is 7.24. The first kappa shape index (κ1) is 16.0. The zero-order chi connectivity index (χ0) is 14.8. The molecule has 1 aromatic carbocycles. The molecule has 0 saturated carbocycles. The summed E-state index contributed by atoms with van der Waals surface area (Å²) in [6.45, 7) is 5.02. The van der Waals surface area contributed by atoms with Crippen molar-refractivity contribution in [2.24, 2.45) is 5.92 Å². The van der Waals surface area contributed by atoms with Crippen molar-refractivity contribution in [3.63, 3.8) is 0 Å². The summed E-state index contributed by atoms with van der Waals surface area (Å²) >= 11 is 0. The minimum Gasteiger partial charge on any atom is -0.338 e. The van der Waals surface area contributed by atoms with Gasteiger partial charge in [-0.2, -0.15) is 5.26 Å². The van der Waals surface area contributed by atoms with Crippen LogP contribution in [0, 0.1) is 17.2 Å². The van der Waals surface area contributed by atoms with Gasteiger partial charge in [0.2, 0.25) is 0 Å². The molecule has 2 amide bonds. The Hall–Kier alpha value is -2.02. The quantitative estimate of drug-likeness (QED) is 0.791. The minimum absolute atomic E-state index is 0.213. The van der Waals surface area contributed by atoms with Crippen LogP contribution in [0.4, 0.5) is 10.5 Å². The summed E-state index contributed by atoms with van der Waals surface area (Å²) in [5.74, 6) is 0.533. The second-order valence-electron chi connectivity index (χ2n) is 4.94. The molecule has 0 fully saturated rings. The van der Waals surface area contributed by atoms with Crippen molar-refractivity contribution >= 4 is 11.7 Å². The predicted octanol–water partition coefficient (Wildman–Crippen LogP) is 3.90. The zero-order valence-corrected chi connectivity index (χ0v) is 12.3. The third-order valence-electron chi connectivity index (χ3n) is 3.34. The second-order valence-corrected chi connectivity index (χ2v) is 4.94. The van der Waals surface area contributed by atoms with Crippen molar-refractivity contribution in [3.8, 4) is 6.07 Å². The van der Waals surface area contributed by atoms with Crippen molar-refractivity contribution in [1.82, 2.24) is 5.32 Å². The lowest BCUT2D eigenvalue weighted by Crippen LogP contribution is -2.33. The number of hydrogen-bond acceptors (Lipinski definition) is 2. The summed E-state index contributed by atoms with van der Waals surface area (Å²) in [7, 11) is 0. The molecule has 2 N–H and O–H groups in total. The molecule has 1 atom stereocenters. The Labute approximate surface area is 121 Å². The Morgan fingerprint density at radius 1 is 1.40 bits per heavy atom. The van der Waals surface area contributed by atoms with Crippen LogP contribution in [-0.4, -0.2) is 12.6 Å². The van der Waals surface area contributed by atoms with Crippen molar-refractivity contribution in [1.29, 1.82) is 5.26 Å². The number of rotatable bonds is 7. The lowest BCUT2D eigenvalue weighted by Gasteiger charge is -2.15. The van der Waals surface area contributed by atoms with E-state index >= 15 is 0 Å². The van der Waals surface area contributed by atoms with Crippen LogP contribution in [0.15, 0.2) is 24.3 Å². The van der Waals surface area contributed by atoms with Gasteiger partial charge in [-0.15, -0.1) is 0 Å². The molecule has 1 rings (SSSR count). The molecule has 0 aliphatic rings. The van der Waals surface area contributed by atoms with Gasteiger partial charge in [-0.05, 0) is 30.5 Å². The van der Waals surface area contributed by atoms with Crippen molar-refractivity contribution < 1.29 is 4.79 Å². The zero-order valence-electron chi connectivity index (χ0n) is 12.3. The van der Waals surface area contributed by atoms with Crippen molar-refractivity contribution in [2.45, 2.75) is 39.5 Å². The summed E-state index contributed by atoms with van der Waals surface area (Å²) in [4.78, 5) is 11.8. The third-order valence-corrected chi connectivity index (χ3v) is 3.34. The molecule has 4 nitrogen and oxygen atoms in total. The van der Waals surface area contributed by atoms with Crippen molar-refractivity contribution in [2.75, 3.05) is 11.9 Å². The highest BCUT2D eigenvalue weighted by atomic mass is 16.2. The molecular weight excluding hydrogens is 250 g/mol. The van der Waals surface area contributed by atoms with E-state index in [0.717, 1.165) is 12.8 Å². The summed E-state index contributed by atoms with van der Waals surface area (Å²) < 4.78 is 0. The molecule has 0 heterocycles. The van der Waals surface area contributed by atoms with Gasteiger partial charge in [0.1, 0.15) is 0 Å². The summed E-state index contributed by atoms with van der Waals surface area (Å²) in [5, 5.41) is 14.5. The summed E-state index contributed by atoms with van der Waals surface area (Å²) in [5.41, 5.74) is 1.18. The number of anilines is 1. The molecule has 0 radical (unpaired) electrons. The highest BCUT2D eigenvalue weighted by molar-refractivity contribution is 5.89. The highest BCUT2D eigenvalue weighted by Crippen LogP contribution is 2.12. The van der Waals surface area contributed by atoms with E-state index < -0.39 is 0 Å². The lowest BCUT2D eigenvalue weighted by atomic mass is 9.99. The molecule has 108 valence electrons. The number of benzene rings is 1. The van der Waals surface area contributed by atoms with Gasteiger partial charge in [-0.25, -0.2) is 4.79 Å². The van der Waals surface area contributed by atoms with E-state index in [0.29, 0.717) is 23.7 Å². The Morgan fingerprint density at radius 2 is 2.20 bits per heavy atom. The number of carbonyl (C=O) groups excluding carboxylic acids is 1. The smallest absolute Gasteiger partial charge is 0.319 e. The average molecular weight is 273 g/mol. The molecule has 0 bridgehead atoms. The number of urea groups is 1.